The number of hydrogen-bond donors (Lipinski definition) is 0. The Labute approximate surface area is 185 Å². The van der Waals surface area contributed by atoms with Crippen molar-refractivity contribution in [1.29, 1.82) is 0 Å². The first-order valence-corrected chi connectivity index (χ1v) is 11.9. The fraction of sp³-hybridized carbons (Fsp3) is 0.808. The van der Waals surface area contributed by atoms with Crippen LogP contribution in [0.15, 0.2) is 23.3 Å². The second-order valence-electron chi connectivity index (χ2n) is 12.5. The number of allylic oxidation sites excluding steroid dienone is 1. The number of hydrogen-bond acceptors (Lipinski definition) is 5. The van der Waals surface area contributed by atoms with Crippen LogP contribution in [-0.2, 0) is 23.7 Å². The highest BCUT2D eigenvalue weighted by molar-refractivity contribution is 5.95. The molecule has 0 amide bonds. The van der Waals surface area contributed by atoms with E-state index in [0.29, 0.717) is 24.2 Å². The summed E-state index contributed by atoms with van der Waals surface area (Å²) in [6, 6.07) is 0. The van der Waals surface area contributed by atoms with Gasteiger partial charge in [-0.05, 0) is 75.4 Å². The molecule has 170 valence electrons. The van der Waals surface area contributed by atoms with Gasteiger partial charge in [-0.25, -0.2) is 0 Å². The van der Waals surface area contributed by atoms with E-state index in [1.165, 1.54) is 0 Å². The Bertz CT molecular complexity index is 941. The van der Waals surface area contributed by atoms with Gasteiger partial charge < -0.3 is 18.9 Å². The van der Waals surface area contributed by atoms with E-state index in [4.69, 9.17) is 18.9 Å². The van der Waals surface area contributed by atoms with E-state index in [-0.39, 0.29) is 29.5 Å². The lowest BCUT2D eigenvalue weighted by Gasteiger charge is -2.53. The second-order valence-corrected chi connectivity index (χ2v) is 12.5. The molecular weight excluding hydrogens is 392 g/mol. The summed E-state index contributed by atoms with van der Waals surface area (Å²) in [6.07, 6.45) is 4.76. The fourth-order valence-corrected chi connectivity index (χ4v) is 8.17. The van der Waals surface area contributed by atoms with E-state index in [2.05, 4.69) is 39.8 Å². The first-order valence-electron chi connectivity index (χ1n) is 11.9. The Morgan fingerprint density at radius 2 is 1.68 bits per heavy atom. The van der Waals surface area contributed by atoms with Crippen LogP contribution in [-0.4, -0.2) is 41.8 Å². The maximum Gasteiger partial charge on any atom is 0.164 e. The van der Waals surface area contributed by atoms with E-state index in [1.54, 1.807) is 0 Å². The van der Waals surface area contributed by atoms with Crippen molar-refractivity contribution < 1.29 is 23.7 Å². The minimum atomic E-state index is -0.903. The average Bonchev–Trinajstić information content (AvgIpc) is 2.97. The van der Waals surface area contributed by atoms with Gasteiger partial charge in [0.05, 0.1) is 12.0 Å². The summed E-state index contributed by atoms with van der Waals surface area (Å²) in [6.45, 7) is 17.3. The van der Waals surface area contributed by atoms with Gasteiger partial charge in [-0.15, -0.1) is 0 Å². The minimum Gasteiger partial charge on any atom is -0.346 e. The normalized spacial score (nSPS) is 52.6. The van der Waals surface area contributed by atoms with Crippen LogP contribution in [0, 0.1) is 34.5 Å². The van der Waals surface area contributed by atoms with Gasteiger partial charge in [0.25, 0.3) is 0 Å². The number of fused-ring (bicyclic) bond motifs is 4. The SMILES string of the molecule is CC1=C[C@]23C(=O)[C@@H](C=C4COC(C)(C)O[C@H]4[C@@]24OC(C)(C)O[C@@H]14)[C@H]1[C@@H](C[C@H]3C)C1(C)C. The number of ketones is 1. The van der Waals surface area contributed by atoms with Crippen LogP contribution in [0.4, 0.5) is 0 Å². The summed E-state index contributed by atoms with van der Waals surface area (Å²) in [5.74, 6) is -0.335. The molecule has 0 unspecified atom stereocenters. The summed E-state index contributed by atoms with van der Waals surface area (Å²) in [5, 5.41) is 0. The highest BCUT2D eigenvalue weighted by atomic mass is 16.8. The zero-order valence-electron chi connectivity index (χ0n) is 20.1. The van der Waals surface area contributed by atoms with Crippen molar-refractivity contribution in [3.8, 4) is 0 Å². The third-order valence-corrected chi connectivity index (χ3v) is 9.45. The van der Waals surface area contributed by atoms with Crippen LogP contribution in [0.3, 0.4) is 0 Å². The van der Waals surface area contributed by atoms with Crippen molar-refractivity contribution in [3.05, 3.63) is 23.3 Å². The molecular formula is C26H36O5. The molecule has 31 heavy (non-hydrogen) atoms. The number of ether oxygens (including phenoxy) is 4. The van der Waals surface area contributed by atoms with Gasteiger partial charge in [0.2, 0.25) is 0 Å². The zero-order chi connectivity index (χ0) is 22.4. The molecule has 0 aromatic heterocycles. The number of Topliss-reactive ketones (excluding diaryl/α,β-unsaturated/α-hetero) is 1. The standard InChI is InChI=1S/C26H36O5/c1-13-11-25-14(2)9-17-18(22(17,3)4)16(19(25)27)10-15-12-28-23(5,6)30-21(15)26(25)20(13)29-24(7,8)31-26/h10-11,14,16-18,20-21H,9,12H2,1-8H3/t14-,16+,17-,18+,20+,21-,25+,26-/m1/s1. The quantitative estimate of drug-likeness (QED) is 0.535. The van der Waals surface area contributed by atoms with E-state index in [1.807, 2.05) is 27.7 Å². The number of carbonyl (C=O) groups is 1. The molecule has 5 nitrogen and oxygen atoms in total. The van der Waals surface area contributed by atoms with Crippen molar-refractivity contribution in [2.45, 2.75) is 91.2 Å². The Morgan fingerprint density at radius 3 is 2.39 bits per heavy atom. The molecule has 2 saturated heterocycles. The molecule has 0 radical (unpaired) electrons. The highest BCUT2D eigenvalue weighted by Gasteiger charge is 2.80. The molecule has 4 fully saturated rings. The summed E-state index contributed by atoms with van der Waals surface area (Å²) in [4.78, 5) is 14.7. The van der Waals surface area contributed by atoms with Gasteiger partial charge in [-0.1, -0.05) is 32.9 Å². The smallest absolute Gasteiger partial charge is 0.164 e. The summed E-state index contributed by atoms with van der Waals surface area (Å²) < 4.78 is 26.2. The molecule has 2 heterocycles. The van der Waals surface area contributed by atoms with Crippen LogP contribution < -0.4 is 0 Å². The maximum atomic E-state index is 14.7. The molecule has 0 aromatic carbocycles. The molecule has 2 saturated carbocycles. The lowest BCUT2D eigenvalue weighted by Crippen LogP contribution is -2.67. The van der Waals surface area contributed by atoms with Crippen LogP contribution in [0.2, 0.25) is 0 Å². The predicted molar refractivity (Wildman–Crippen MR) is 115 cm³/mol. The first kappa shape index (κ1) is 20.6. The molecule has 6 rings (SSSR count). The molecule has 4 aliphatic carbocycles. The van der Waals surface area contributed by atoms with E-state index in [9.17, 15) is 4.79 Å². The van der Waals surface area contributed by atoms with Crippen molar-refractivity contribution in [2.24, 2.45) is 34.5 Å². The zero-order valence-corrected chi connectivity index (χ0v) is 20.1. The summed E-state index contributed by atoms with van der Waals surface area (Å²) in [7, 11) is 0. The van der Waals surface area contributed by atoms with E-state index >= 15 is 0 Å². The number of rotatable bonds is 0. The van der Waals surface area contributed by atoms with Gasteiger partial charge in [0, 0.05) is 5.92 Å². The van der Waals surface area contributed by atoms with E-state index in [0.717, 1.165) is 17.6 Å². The third kappa shape index (κ3) is 2.24. The topological polar surface area (TPSA) is 54.0 Å². The lowest BCUT2D eigenvalue weighted by molar-refractivity contribution is -0.304. The van der Waals surface area contributed by atoms with Gasteiger partial charge in [-0.2, -0.15) is 0 Å². The maximum absolute atomic E-state index is 14.7. The van der Waals surface area contributed by atoms with Crippen LogP contribution >= 0.6 is 0 Å². The summed E-state index contributed by atoms with van der Waals surface area (Å²) >= 11 is 0. The molecule has 2 bridgehead atoms. The number of carbonyl (C=O) groups excluding carboxylic acids is 1. The van der Waals surface area contributed by atoms with Gasteiger partial charge in [0.1, 0.15) is 17.8 Å². The molecule has 0 aromatic rings. The Morgan fingerprint density at radius 1 is 1.00 bits per heavy atom. The van der Waals surface area contributed by atoms with E-state index < -0.39 is 22.6 Å². The molecule has 5 heteroatoms. The minimum absolute atomic E-state index is 0.134. The molecule has 8 atom stereocenters. The van der Waals surface area contributed by atoms with Crippen molar-refractivity contribution >= 4 is 5.78 Å². The summed E-state index contributed by atoms with van der Waals surface area (Å²) in [5.41, 5.74) is 0.650. The molecule has 2 spiro atoms. The van der Waals surface area contributed by atoms with Crippen molar-refractivity contribution in [3.63, 3.8) is 0 Å². The van der Waals surface area contributed by atoms with Crippen molar-refractivity contribution in [2.75, 3.05) is 6.61 Å². The molecule has 6 aliphatic rings. The average molecular weight is 429 g/mol. The molecule has 0 N–H and O–H groups in total. The first-order chi connectivity index (χ1) is 14.3. The van der Waals surface area contributed by atoms with Crippen LogP contribution in [0.1, 0.15) is 61.8 Å². The fourth-order valence-electron chi connectivity index (χ4n) is 8.17. The Hall–Kier alpha value is -1.01. The van der Waals surface area contributed by atoms with Crippen molar-refractivity contribution in [1.82, 2.24) is 0 Å². The second kappa shape index (κ2) is 5.55. The molecule has 2 aliphatic heterocycles. The van der Waals surface area contributed by atoms with Crippen LogP contribution in [0.5, 0.6) is 0 Å². The Balaban J connectivity index is 1.64. The van der Waals surface area contributed by atoms with Crippen LogP contribution in [0.25, 0.3) is 0 Å². The Kier molecular flexibility index (Phi) is 3.68. The highest BCUT2D eigenvalue weighted by Crippen LogP contribution is 2.73. The largest absolute Gasteiger partial charge is 0.346 e. The van der Waals surface area contributed by atoms with Gasteiger partial charge in [-0.3, -0.25) is 4.79 Å². The van der Waals surface area contributed by atoms with Gasteiger partial charge >= 0.3 is 0 Å². The third-order valence-electron chi connectivity index (χ3n) is 9.45. The lowest BCUT2D eigenvalue weighted by atomic mass is 9.58. The van der Waals surface area contributed by atoms with Gasteiger partial charge in [0.15, 0.2) is 17.4 Å². The monoisotopic (exact) mass is 428 g/mol. The predicted octanol–water partition coefficient (Wildman–Crippen LogP) is 4.41.